The molecule has 48 valence electrons. The molecule has 0 aliphatic carbocycles. The van der Waals surface area contributed by atoms with Crippen LogP contribution in [0, 0.1) is 11.3 Å². The van der Waals surface area contributed by atoms with Crippen LogP contribution in [0.15, 0.2) is 11.6 Å². The second-order valence-electron chi connectivity index (χ2n) is 2.19. The van der Waals surface area contributed by atoms with Crippen molar-refractivity contribution in [1.29, 1.82) is 5.26 Å². The van der Waals surface area contributed by atoms with Gasteiger partial charge in [0.1, 0.15) is 0 Å². The van der Waals surface area contributed by atoms with Gasteiger partial charge < -0.3 is 4.74 Å². The fraction of sp³-hybridized carbons (Fsp3) is 0.571. The molecule has 0 fully saturated rings. The zero-order chi connectivity index (χ0) is 6.69. The molecule has 1 aliphatic rings. The molecule has 0 radical (unpaired) electrons. The minimum atomic E-state index is 0.227. The van der Waals surface area contributed by atoms with Crippen LogP contribution in [0.25, 0.3) is 0 Å². The van der Waals surface area contributed by atoms with Gasteiger partial charge >= 0.3 is 0 Å². The predicted octanol–water partition coefficient (Wildman–Crippen LogP) is 1.25. The van der Waals surface area contributed by atoms with Crippen LogP contribution in [0.4, 0.5) is 0 Å². The van der Waals surface area contributed by atoms with Crippen molar-refractivity contribution < 1.29 is 4.74 Å². The van der Waals surface area contributed by atoms with Gasteiger partial charge in [-0.3, -0.25) is 0 Å². The number of nitriles is 1. The molecule has 2 heteroatoms. The predicted molar refractivity (Wildman–Crippen MR) is 33.7 cm³/mol. The highest BCUT2D eigenvalue weighted by Gasteiger charge is 2.09. The molecule has 0 spiro atoms. The molecule has 0 saturated heterocycles. The summed E-state index contributed by atoms with van der Waals surface area (Å²) < 4.78 is 5.18. The fourth-order valence-corrected chi connectivity index (χ4v) is 0.856. The van der Waals surface area contributed by atoms with Gasteiger partial charge in [0.15, 0.2) is 0 Å². The van der Waals surface area contributed by atoms with Crippen LogP contribution >= 0.6 is 0 Å². The van der Waals surface area contributed by atoms with Gasteiger partial charge in [-0.1, -0.05) is 0 Å². The third-order valence-electron chi connectivity index (χ3n) is 1.36. The lowest BCUT2D eigenvalue weighted by atomic mass is 10.1. The molecule has 0 bridgehead atoms. The van der Waals surface area contributed by atoms with E-state index in [0.717, 1.165) is 12.0 Å². The molecule has 1 rings (SSSR count). The molecule has 1 unspecified atom stereocenters. The van der Waals surface area contributed by atoms with E-state index in [4.69, 9.17) is 10.00 Å². The largest absolute Gasteiger partial charge is 0.374 e. The smallest absolute Gasteiger partial charge is 0.0945 e. The molecule has 0 N–H and O–H groups in total. The van der Waals surface area contributed by atoms with Gasteiger partial charge in [0.25, 0.3) is 0 Å². The summed E-state index contributed by atoms with van der Waals surface area (Å²) in [6.07, 6.45) is 2.83. The molecular weight excluding hydrogens is 114 g/mol. The zero-order valence-electron chi connectivity index (χ0n) is 5.42. The SMILES string of the molecule is CC1CC(C#N)=CCO1. The molecule has 0 saturated carbocycles. The Hall–Kier alpha value is -0.810. The van der Waals surface area contributed by atoms with E-state index in [2.05, 4.69) is 6.07 Å². The Morgan fingerprint density at radius 3 is 3.11 bits per heavy atom. The summed E-state index contributed by atoms with van der Waals surface area (Å²) in [5.41, 5.74) is 0.855. The van der Waals surface area contributed by atoms with E-state index >= 15 is 0 Å². The van der Waals surface area contributed by atoms with Crippen molar-refractivity contribution >= 4 is 0 Å². The minimum absolute atomic E-state index is 0.227. The van der Waals surface area contributed by atoms with Gasteiger partial charge in [0.05, 0.1) is 18.8 Å². The molecule has 0 aromatic carbocycles. The number of rotatable bonds is 0. The van der Waals surface area contributed by atoms with E-state index in [0.29, 0.717) is 6.61 Å². The highest BCUT2D eigenvalue weighted by atomic mass is 16.5. The number of nitrogens with zero attached hydrogens (tertiary/aromatic N) is 1. The van der Waals surface area contributed by atoms with E-state index in [1.54, 1.807) is 0 Å². The van der Waals surface area contributed by atoms with Crippen molar-refractivity contribution in [2.45, 2.75) is 19.4 Å². The highest BCUT2D eigenvalue weighted by Crippen LogP contribution is 2.12. The maximum absolute atomic E-state index is 8.43. The highest BCUT2D eigenvalue weighted by molar-refractivity contribution is 5.22. The maximum Gasteiger partial charge on any atom is 0.0945 e. The van der Waals surface area contributed by atoms with Gasteiger partial charge in [0, 0.05) is 12.0 Å². The van der Waals surface area contributed by atoms with Gasteiger partial charge in [-0.2, -0.15) is 5.26 Å². The number of hydrogen-bond acceptors (Lipinski definition) is 2. The van der Waals surface area contributed by atoms with E-state index < -0.39 is 0 Å². The van der Waals surface area contributed by atoms with Gasteiger partial charge in [-0.15, -0.1) is 0 Å². The molecule has 1 atom stereocenters. The Morgan fingerprint density at radius 1 is 1.89 bits per heavy atom. The molecule has 0 aromatic heterocycles. The Kier molecular flexibility index (Phi) is 1.86. The molecular formula is C7H9NO. The van der Waals surface area contributed by atoms with Crippen molar-refractivity contribution in [2.24, 2.45) is 0 Å². The summed E-state index contributed by atoms with van der Waals surface area (Å²) in [6, 6.07) is 2.12. The second kappa shape index (κ2) is 2.65. The van der Waals surface area contributed by atoms with Crippen LogP contribution in [-0.4, -0.2) is 12.7 Å². The average molecular weight is 123 g/mol. The molecule has 1 aliphatic heterocycles. The van der Waals surface area contributed by atoms with Crippen LogP contribution in [0.5, 0.6) is 0 Å². The standard InChI is InChI=1S/C7H9NO/c1-6-4-7(5-8)2-3-9-6/h2,6H,3-4H2,1H3. The summed E-state index contributed by atoms with van der Waals surface area (Å²) in [7, 11) is 0. The van der Waals surface area contributed by atoms with Gasteiger partial charge in [0.2, 0.25) is 0 Å². The number of hydrogen-bond donors (Lipinski definition) is 0. The molecule has 1 heterocycles. The molecule has 0 aromatic rings. The van der Waals surface area contributed by atoms with Crippen LogP contribution < -0.4 is 0 Å². The summed E-state index contributed by atoms with van der Waals surface area (Å²) in [5.74, 6) is 0. The lowest BCUT2D eigenvalue weighted by Gasteiger charge is -2.15. The van der Waals surface area contributed by atoms with Crippen molar-refractivity contribution in [3.05, 3.63) is 11.6 Å². The number of ether oxygens (including phenoxy) is 1. The van der Waals surface area contributed by atoms with Crippen LogP contribution in [0.3, 0.4) is 0 Å². The van der Waals surface area contributed by atoms with Gasteiger partial charge in [-0.05, 0) is 13.0 Å². The lowest BCUT2D eigenvalue weighted by Crippen LogP contribution is -2.13. The van der Waals surface area contributed by atoms with Crippen LogP contribution in [0.2, 0.25) is 0 Å². The van der Waals surface area contributed by atoms with Crippen LogP contribution in [-0.2, 0) is 4.74 Å². The van der Waals surface area contributed by atoms with E-state index in [-0.39, 0.29) is 6.10 Å². The Morgan fingerprint density at radius 2 is 2.67 bits per heavy atom. The summed E-state index contributed by atoms with van der Waals surface area (Å²) in [4.78, 5) is 0. The molecule has 2 nitrogen and oxygen atoms in total. The fourth-order valence-electron chi connectivity index (χ4n) is 0.856. The first-order chi connectivity index (χ1) is 4.33. The second-order valence-corrected chi connectivity index (χ2v) is 2.19. The van der Waals surface area contributed by atoms with Crippen molar-refractivity contribution in [3.8, 4) is 6.07 Å². The molecule has 9 heavy (non-hydrogen) atoms. The van der Waals surface area contributed by atoms with E-state index in [1.165, 1.54) is 0 Å². The van der Waals surface area contributed by atoms with Crippen LogP contribution in [0.1, 0.15) is 13.3 Å². The topological polar surface area (TPSA) is 33.0 Å². The third-order valence-corrected chi connectivity index (χ3v) is 1.36. The first kappa shape index (κ1) is 6.31. The Bertz CT molecular complexity index is 166. The van der Waals surface area contributed by atoms with Crippen molar-refractivity contribution in [2.75, 3.05) is 6.61 Å². The maximum atomic E-state index is 8.43. The normalized spacial score (nSPS) is 26.7. The van der Waals surface area contributed by atoms with E-state index in [1.807, 2.05) is 13.0 Å². The Balaban J connectivity index is 2.56. The van der Waals surface area contributed by atoms with E-state index in [9.17, 15) is 0 Å². The average Bonchev–Trinajstić information content (AvgIpc) is 1.88. The lowest BCUT2D eigenvalue weighted by molar-refractivity contribution is 0.0797. The Labute approximate surface area is 54.7 Å². The van der Waals surface area contributed by atoms with Gasteiger partial charge in [-0.25, -0.2) is 0 Å². The summed E-state index contributed by atoms with van der Waals surface area (Å²) in [6.45, 7) is 2.58. The minimum Gasteiger partial charge on any atom is -0.374 e. The monoisotopic (exact) mass is 123 g/mol. The zero-order valence-corrected chi connectivity index (χ0v) is 5.42. The first-order valence-electron chi connectivity index (χ1n) is 3.03. The quantitative estimate of drug-likeness (QED) is 0.485. The molecule has 0 amide bonds. The summed E-state index contributed by atoms with van der Waals surface area (Å²) >= 11 is 0. The third kappa shape index (κ3) is 1.55. The van der Waals surface area contributed by atoms with Crippen molar-refractivity contribution in [3.63, 3.8) is 0 Å². The first-order valence-corrected chi connectivity index (χ1v) is 3.03. The summed E-state index contributed by atoms with van der Waals surface area (Å²) in [5, 5.41) is 8.43. The van der Waals surface area contributed by atoms with Crippen molar-refractivity contribution in [1.82, 2.24) is 0 Å².